The molecule has 30 valence electrons. The van der Waals surface area contributed by atoms with Crippen LogP contribution in [0.5, 0.6) is 0 Å². The van der Waals surface area contributed by atoms with Crippen LogP contribution in [-0.2, 0) is 0 Å². The van der Waals surface area contributed by atoms with Crippen molar-refractivity contribution in [3.63, 3.8) is 0 Å². The van der Waals surface area contributed by atoms with E-state index in [4.69, 9.17) is 11.5 Å². The zero-order valence-corrected chi connectivity index (χ0v) is 4.10. The van der Waals surface area contributed by atoms with Gasteiger partial charge >= 0.3 is 0 Å². The van der Waals surface area contributed by atoms with Gasteiger partial charge in [0.15, 0.2) is 4.33 Å². The van der Waals surface area contributed by atoms with Gasteiger partial charge in [0.25, 0.3) is 0 Å². The van der Waals surface area contributed by atoms with Crippen LogP contribution in [0.2, 0.25) is 0 Å². The third-order valence-corrected chi connectivity index (χ3v) is 2.48. The highest BCUT2D eigenvalue weighted by Gasteiger charge is 2.36. The Labute approximate surface area is 38.1 Å². The molecule has 0 atom stereocenters. The molecule has 5 heavy (non-hydrogen) atoms. The fourth-order valence-electron chi connectivity index (χ4n) is 0.0481. The lowest BCUT2D eigenvalue weighted by Gasteiger charge is -1.83. The van der Waals surface area contributed by atoms with Crippen molar-refractivity contribution in [1.82, 2.24) is 0 Å². The SMILES string of the molecule is NC1(N)SS1. The molecule has 0 amide bonds. The van der Waals surface area contributed by atoms with Gasteiger partial charge in [0, 0.05) is 0 Å². The third-order valence-electron chi connectivity index (χ3n) is 0.276. The Morgan fingerprint density at radius 2 is 1.40 bits per heavy atom. The van der Waals surface area contributed by atoms with E-state index in [0.29, 0.717) is 0 Å². The summed E-state index contributed by atoms with van der Waals surface area (Å²) in [6, 6.07) is 0. The summed E-state index contributed by atoms with van der Waals surface area (Å²) in [6.45, 7) is 0. The van der Waals surface area contributed by atoms with Crippen LogP contribution < -0.4 is 11.5 Å². The zero-order chi connectivity index (χ0) is 3.91. The number of hydrogen-bond acceptors (Lipinski definition) is 4. The Kier molecular flexibility index (Phi) is 0.619. The summed E-state index contributed by atoms with van der Waals surface area (Å²) in [5, 5.41) is 0. The first-order valence-corrected chi connectivity index (χ1v) is 3.30. The van der Waals surface area contributed by atoms with E-state index in [9.17, 15) is 0 Å². The van der Waals surface area contributed by atoms with Crippen molar-refractivity contribution in [3.8, 4) is 0 Å². The van der Waals surface area contributed by atoms with Crippen LogP contribution in [0.25, 0.3) is 0 Å². The highest BCUT2D eigenvalue weighted by atomic mass is 33.2. The molecule has 1 aliphatic rings. The number of hydrogen-bond donors (Lipinski definition) is 2. The summed E-state index contributed by atoms with van der Waals surface area (Å²) in [5.41, 5.74) is 10.3. The minimum atomic E-state index is -0.417. The van der Waals surface area contributed by atoms with E-state index in [2.05, 4.69) is 0 Å². The van der Waals surface area contributed by atoms with Crippen LogP contribution in [0.3, 0.4) is 0 Å². The molecule has 0 aromatic carbocycles. The summed E-state index contributed by atoms with van der Waals surface area (Å²) >= 11 is 0. The van der Waals surface area contributed by atoms with Crippen LogP contribution in [0.4, 0.5) is 0 Å². The number of rotatable bonds is 0. The maximum atomic E-state index is 5.17. The van der Waals surface area contributed by atoms with Gasteiger partial charge in [0.05, 0.1) is 0 Å². The summed E-state index contributed by atoms with van der Waals surface area (Å²) in [4.78, 5) is 0. The normalized spacial score (nSPS) is 30.0. The van der Waals surface area contributed by atoms with E-state index in [1.807, 2.05) is 0 Å². The van der Waals surface area contributed by atoms with Gasteiger partial charge < -0.3 is 0 Å². The highest BCUT2D eigenvalue weighted by Crippen LogP contribution is 2.56. The Bertz CT molecular complexity index is 45.6. The van der Waals surface area contributed by atoms with E-state index in [0.717, 1.165) is 0 Å². The molecule has 4 N–H and O–H groups in total. The lowest BCUT2D eigenvalue weighted by molar-refractivity contribution is 0.949. The number of nitrogens with two attached hydrogens (primary N) is 2. The standard InChI is InChI=1S/CH4N2S2/c2-1(3)4-5-1/h2-3H2. The Balaban J connectivity index is 2.38. The monoisotopic (exact) mass is 108 g/mol. The molecule has 0 saturated carbocycles. The van der Waals surface area contributed by atoms with Crippen molar-refractivity contribution in [2.75, 3.05) is 0 Å². The molecule has 1 saturated heterocycles. The molecule has 0 aromatic heterocycles. The summed E-state index contributed by atoms with van der Waals surface area (Å²) in [5.74, 6) is 0. The van der Waals surface area contributed by atoms with Crippen molar-refractivity contribution in [1.29, 1.82) is 0 Å². The molecule has 0 aromatic rings. The molecule has 1 fully saturated rings. The van der Waals surface area contributed by atoms with E-state index in [-0.39, 0.29) is 0 Å². The van der Waals surface area contributed by atoms with Crippen molar-refractivity contribution >= 4 is 21.6 Å². The van der Waals surface area contributed by atoms with Crippen molar-refractivity contribution in [2.24, 2.45) is 11.5 Å². The molecule has 1 heterocycles. The van der Waals surface area contributed by atoms with E-state index in [1.54, 1.807) is 0 Å². The van der Waals surface area contributed by atoms with E-state index in [1.165, 1.54) is 21.6 Å². The topological polar surface area (TPSA) is 52.0 Å². The highest BCUT2D eigenvalue weighted by molar-refractivity contribution is 8.93. The Morgan fingerprint density at radius 1 is 1.20 bits per heavy atom. The molecule has 1 rings (SSSR count). The molecule has 0 bridgehead atoms. The lowest BCUT2D eigenvalue weighted by atomic mass is 11.2. The van der Waals surface area contributed by atoms with Gasteiger partial charge in [0.2, 0.25) is 0 Å². The summed E-state index contributed by atoms with van der Waals surface area (Å²) in [7, 11) is 3.00. The Morgan fingerprint density at radius 3 is 1.40 bits per heavy atom. The first-order chi connectivity index (χ1) is 2.21. The van der Waals surface area contributed by atoms with Gasteiger partial charge in [-0.05, 0) is 21.6 Å². The predicted octanol–water partition coefficient (Wildman–Crippen LogP) is -0.0899. The van der Waals surface area contributed by atoms with Crippen molar-refractivity contribution in [3.05, 3.63) is 0 Å². The fourth-order valence-corrected chi connectivity index (χ4v) is 0.433. The van der Waals surface area contributed by atoms with E-state index >= 15 is 0 Å². The molecule has 4 heteroatoms. The van der Waals surface area contributed by atoms with Crippen molar-refractivity contribution in [2.45, 2.75) is 4.33 Å². The second kappa shape index (κ2) is 0.815. The molecule has 0 unspecified atom stereocenters. The largest absolute Gasteiger partial charge is 0.295 e. The minimum absolute atomic E-state index is 0.417. The third kappa shape index (κ3) is 1.00. The van der Waals surface area contributed by atoms with Gasteiger partial charge in [-0.25, -0.2) is 0 Å². The Hall–Kier alpha value is 0.620. The molecular formula is CH4N2S2. The second-order valence-electron chi connectivity index (χ2n) is 0.888. The average molecular weight is 108 g/mol. The smallest absolute Gasteiger partial charge is 0.181 e. The molecule has 0 spiro atoms. The summed E-state index contributed by atoms with van der Waals surface area (Å²) < 4.78 is -0.417. The molecule has 0 radical (unpaired) electrons. The fraction of sp³-hybridized carbons (Fsp3) is 1.00. The van der Waals surface area contributed by atoms with Gasteiger partial charge in [-0.2, -0.15) is 0 Å². The minimum Gasteiger partial charge on any atom is -0.295 e. The van der Waals surface area contributed by atoms with E-state index < -0.39 is 4.33 Å². The van der Waals surface area contributed by atoms with Crippen LogP contribution in [0.1, 0.15) is 0 Å². The van der Waals surface area contributed by atoms with Crippen LogP contribution in [-0.4, -0.2) is 4.33 Å². The van der Waals surface area contributed by atoms with Crippen LogP contribution in [0.15, 0.2) is 0 Å². The molecule has 2 nitrogen and oxygen atoms in total. The first-order valence-electron chi connectivity index (χ1n) is 1.15. The quantitative estimate of drug-likeness (QED) is 0.259. The van der Waals surface area contributed by atoms with Crippen LogP contribution >= 0.6 is 21.6 Å². The van der Waals surface area contributed by atoms with Gasteiger partial charge in [0.1, 0.15) is 0 Å². The van der Waals surface area contributed by atoms with Gasteiger partial charge in [-0.15, -0.1) is 0 Å². The average Bonchev–Trinajstić information content (AvgIpc) is 1.76. The molecular weight excluding hydrogens is 104 g/mol. The molecule has 1 aliphatic heterocycles. The zero-order valence-electron chi connectivity index (χ0n) is 2.47. The first kappa shape index (κ1) is 3.80. The van der Waals surface area contributed by atoms with Gasteiger partial charge in [-0.1, -0.05) is 0 Å². The van der Waals surface area contributed by atoms with Gasteiger partial charge in [-0.3, -0.25) is 11.5 Å². The van der Waals surface area contributed by atoms with Crippen LogP contribution in [0, 0.1) is 0 Å². The molecule has 0 aliphatic carbocycles. The lowest BCUT2D eigenvalue weighted by Crippen LogP contribution is -2.29. The maximum Gasteiger partial charge on any atom is 0.181 e. The summed E-state index contributed by atoms with van der Waals surface area (Å²) in [6.07, 6.45) is 0. The maximum absolute atomic E-state index is 5.17. The predicted molar refractivity (Wildman–Crippen MR) is 26.3 cm³/mol. The second-order valence-corrected chi connectivity index (χ2v) is 3.83. The van der Waals surface area contributed by atoms with Crippen molar-refractivity contribution < 1.29 is 0 Å².